The highest BCUT2D eigenvalue weighted by molar-refractivity contribution is 6.13. The standard InChI is InChI=1S/C14H17N5O/c1-16-12(20)5-8-19-9-18-13-10(15)3-4-11-14(13,19)6-2-7-17-11/h2-4,6-7H,5,8-9,15H2,1H3,(H,16,20). The molecule has 2 aliphatic heterocycles. The zero-order valence-corrected chi connectivity index (χ0v) is 11.3. The van der Waals surface area contributed by atoms with E-state index < -0.39 is 5.54 Å². The van der Waals surface area contributed by atoms with Crippen LogP contribution in [-0.2, 0) is 4.79 Å². The molecule has 0 aromatic carbocycles. The number of hydrogen-bond acceptors (Lipinski definition) is 5. The summed E-state index contributed by atoms with van der Waals surface area (Å²) in [6.45, 7) is 1.13. The predicted molar refractivity (Wildman–Crippen MR) is 78.4 cm³/mol. The molecule has 0 aromatic rings. The molecule has 1 amide bonds. The van der Waals surface area contributed by atoms with Crippen molar-refractivity contribution in [3.05, 3.63) is 35.7 Å². The maximum Gasteiger partial charge on any atom is 0.221 e. The fourth-order valence-corrected chi connectivity index (χ4v) is 2.83. The molecule has 1 spiro atoms. The first-order chi connectivity index (χ1) is 9.68. The normalized spacial score (nSPS) is 27.4. The molecular weight excluding hydrogens is 254 g/mol. The molecule has 0 radical (unpaired) electrons. The van der Waals surface area contributed by atoms with Crippen LogP contribution in [0.5, 0.6) is 0 Å². The first-order valence-electron chi connectivity index (χ1n) is 6.59. The number of dihydropyridines is 1. The number of amides is 1. The number of hydrogen-bond donors (Lipinski definition) is 2. The lowest BCUT2D eigenvalue weighted by Gasteiger charge is -2.39. The van der Waals surface area contributed by atoms with Gasteiger partial charge in [0.2, 0.25) is 5.91 Å². The van der Waals surface area contributed by atoms with E-state index >= 15 is 0 Å². The van der Waals surface area contributed by atoms with Gasteiger partial charge in [0, 0.05) is 26.2 Å². The van der Waals surface area contributed by atoms with Gasteiger partial charge in [-0.1, -0.05) is 6.08 Å². The summed E-state index contributed by atoms with van der Waals surface area (Å²) in [7, 11) is 1.64. The summed E-state index contributed by atoms with van der Waals surface area (Å²) in [5.41, 5.74) is 7.96. The van der Waals surface area contributed by atoms with E-state index in [4.69, 9.17) is 5.73 Å². The molecule has 1 unspecified atom stereocenters. The zero-order chi connectivity index (χ0) is 14.2. The number of aliphatic imine (C=N–C) groups is 2. The van der Waals surface area contributed by atoms with Gasteiger partial charge in [-0.25, -0.2) is 0 Å². The van der Waals surface area contributed by atoms with Crippen LogP contribution in [0.2, 0.25) is 0 Å². The van der Waals surface area contributed by atoms with Gasteiger partial charge in [-0.3, -0.25) is 19.7 Å². The number of nitrogens with zero attached hydrogens (tertiary/aromatic N) is 3. The highest BCUT2D eigenvalue weighted by atomic mass is 16.1. The molecule has 3 N–H and O–H groups in total. The highest BCUT2D eigenvalue weighted by Crippen LogP contribution is 2.39. The Hall–Kier alpha value is -2.21. The minimum atomic E-state index is -0.498. The average molecular weight is 271 g/mol. The van der Waals surface area contributed by atoms with Gasteiger partial charge in [0.1, 0.15) is 5.54 Å². The molecule has 0 bridgehead atoms. The van der Waals surface area contributed by atoms with Crippen LogP contribution in [0.4, 0.5) is 0 Å². The smallest absolute Gasteiger partial charge is 0.221 e. The molecule has 2 heterocycles. The van der Waals surface area contributed by atoms with Crippen molar-refractivity contribution in [2.24, 2.45) is 15.7 Å². The molecule has 0 saturated heterocycles. The number of nitrogens with one attached hydrogen (secondary N) is 1. The van der Waals surface area contributed by atoms with Crippen molar-refractivity contribution < 1.29 is 4.79 Å². The van der Waals surface area contributed by atoms with Crippen LogP contribution in [0.25, 0.3) is 0 Å². The second kappa shape index (κ2) is 4.72. The minimum Gasteiger partial charge on any atom is -0.397 e. The third-order valence-electron chi connectivity index (χ3n) is 3.87. The fourth-order valence-electron chi connectivity index (χ4n) is 2.83. The van der Waals surface area contributed by atoms with Crippen molar-refractivity contribution in [3.8, 4) is 0 Å². The summed E-state index contributed by atoms with van der Waals surface area (Å²) in [6.07, 6.45) is 9.91. The van der Waals surface area contributed by atoms with E-state index in [1.165, 1.54) is 0 Å². The first-order valence-corrected chi connectivity index (χ1v) is 6.59. The van der Waals surface area contributed by atoms with Gasteiger partial charge >= 0.3 is 0 Å². The third kappa shape index (κ3) is 1.72. The van der Waals surface area contributed by atoms with Crippen LogP contribution in [0.3, 0.4) is 0 Å². The highest BCUT2D eigenvalue weighted by Gasteiger charge is 2.49. The average Bonchev–Trinajstić information content (AvgIpc) is 2.84. The van der Waals surface area contributed by atoms with Gasteiger partial charge in [-0.2, -0.15) is 0 Å². The summed E-state index contributed by atoms with van der Waals surface area (Å²) in [4.78, 5) is 22.6. The molecule has 1 aliphatic carbocycles. The Morgan fingerprint density at radius 1 is 1.55 bits per heavy atom. The van der Waals surface area contributed by atoms with E-state index in [0.717, 1.165) is 11.4 Å². The molecule has 3 rings (SSSR count). The van der Waals surface area contributed by atoms with Crippen molar-refractivity contribution in [1.82, 2.24) is 10.2 Å². The van der Waals surface area contributed by atoms with Crippen molar-refractivity contribution in [3.63, 3.8) is 0 Å². The van der Waals surface area contributed by atoms with E-state index in [9.17, 15) is 4.79 Å². The maximum atomic E-state index is 11.5. The van der Waals surface area contributed by atoms with E-state index in [0.29, 0.717) is 25.3 Å². The lowest BCUT2D eigenvalue weighted by Crippen LogP contribution is -2.53. The summed E-state index contributed by atoms with van der Waals surface area (Å²) < 4.78 is 0. The van der Waals surface area contributed by atoms with Crippen LogP contribution in [0.15, 0.2) is 45.7 Å². The second-order valence-corrected chi connectivity index (χ2v) is 4.91. The molecule has 20 heavy (non-hydrogen) atoms. The topological polar surface area (TPSA) is 83.1 Å². The van der Waals surface area contributed by atoms with Gasteiger partial charge in [0.05, 0.1) is 23.8 Å². The van der Waals surface area contributed by atoms with Gasteiger partial charge in [0.15, 0.2) is 0 Å². The Labute approximate surface area is 117 Å². The molecule has 1 atom stereocenters. The zero-order valence-electron chi connectivity index (χ0n) is 11.3. The quantitative estimate of drug-likeness (QED) is 0.755. The van der Waals surface area contributed by atoms with Crippen LogP contribution < -0.4 is 11.1 Å². The van der Waals surface area contributed by atoms with Crippen LogP contribution in [0.1, 0.15) is 6.42 Å². The van der Waals surface area contributed by atoms with E-state index in [1.54, 1.807) is 13.3 Å². The third-order valence-corrected chi connectivity index (χ3v) is 3.87. The Morgan fingerprint density at radius 3 is 3.20 bits per heavy atom. The van der Waals surface area contributed by atoms with Gasteiger partial charge in [0.25, 0.3) is 0 Å². The van der Waals surface area contributed by atoms with Crippen LogP contribution in [0, 0.1) is 0 Å². The molecule has 0 aromatic heterocycles. The second-order valence-electron chi connectivity index (χ2n) is 4.91. The van der Waals surface area contributed by atoms with Gasteiger partial charge in [-0.05, 0) is 18.2 Å². The minimum absolute atomic E-state index is 0.0167. The SMILES string of the molecule is CNC(=O)CCN1CN=C2C(N)=CC=C3N=CC=CC321. The summed E-state index contributed by atoms with van der Waals surface area (Å²) >= 11 is 0. The number of carbonyl (C=O) groups excluding carboxylic acids is 1. The molecular formula is C14H17N5O. The molecule has 6 heteroatoms. The van der Waals surface area contributed by atoms with E-state index in [1.807, 2.05) is 18.2 Å². The Bertz CT molecular complexity index is 599. The summed E-state index contributed by atoms with van der Waals surface area (Å²) in [5.74, 6) is 0.0167. The number of allylic oxidation sites excluding steroid dienone is 3. The van der Waals surface area contributed by atoms with Gasteiger partial charge < -0.3 is 11.1 Å². The van der Waals surface area contributed by atoms with Crippen molar-refractivity contribution >= 4 is 17.8 Å². The summed E-state index contributed by atoms with van der Waals surface area (Å²) in [6, 6.07) is 0. The Balaban J connectivity index is 1.92. The van der Waals surface area contributed by atoms with E-state index in [2.05, 4.69) is 26.3 Å². The summed E-state index contributed by atoms with van der Waals surface area (Å²) in [5, 5.41) is 2.64. The molecule has 0 saturated carbocycles. The maximum absolute atomic E-state index is 11.5. The first kappa shape index (κ1) is 12.8. The van der Waals surface area contributed by atoms with Crippen molar-refractivity contribution in [2.75, 3.05) is 20.3 Å². The molecule has 104 valence electrons. The lowest BCUT2D eigenvalue weighted by molar-refractivity contribution is -0.121. The molecule has 0 fully saturated rings. The fraction of sp³-hybridized carbons (Fsp3) is 0.357. The number of rotatable bonds is 3. The monoisotopic (exact) mass is 271 g/mol. The number of carbonyl (C=O) groups is 1. The van der Waals surface area contributed by atoms with Crippen molar-refractivity contribution in [1.29, 1.82) is 0 Å². The Morgan fingerprint density at radius 2 is 2.40 bits per heavy atom. The van der Waals surface area contributed by atoms with Gasteiger partial charge in [-0.15, -0.1) is 0 Å². The molecule has 3 aliphatic rings. The van der Waals surface area contributed by atoms with Crippen LogP contribution >= 0.6 is 0 Å². The van der Waals surface area contributed by atoms with Crippen LogP contribution in [-0.4, -0.2) is 48.5 Å². The lowest BCUT2D eigenvalue weighted by atomic mass is 9.82. The number of nitrogens with two attached hydrogens (primary N) is 1. The van der Waals surface area contributed by atoms with Crippen molar-refractivity contribution in [2.45, 2.75) is 12.0 Å². The van der Waals surface area contributed by atoms with E-state index in [-0.39, 0.29) is 5.91 Å². The largest absolute Gasteiger partial charge is 0.397 e. The Kier molecular flexibility index (Phi) is 3.02. The predicted octanol–water partition coefficient (Wildman–Crippen LogP) is -0.0439. The molecule has 6 nitrogen and oxygen atoms in total.